The van der Waals surface area contributed by atoms with Gasteiger partial charge in [-0.25, -0.2) is 0 Å². The summed E-state index contributed by atoms with van der Waals surface area (Å²) in [6.45, 7) is 5.89. The molecule has 1 aliphatic carbocycles. The summed E-state index contributed by atoms with van der Waals surface area (Å²) in [5, 5.41) is 0. The summed E-state index contributed by atoms with van der Waals surface area (Å²) < 4.78 is 0. The molecule has 0 saturated heterocycles. The predicted molar refractivity (Wildman–Crippen MR) is 61.9 cm³/mol. The highest BCUT2D eigenvalue weighted by molar-refractivity contribution is 5.88. The van der Waals surface area contributed by atoms with Crippen LogP contribution in [0.3, 0.4) is 0 Å². The van der Waals surface area contributed by atoms with Crippen molar-refractivity contribution in [1.29, 1.82) is 0 Å². The molecular weight excluding hydrogens is 184 g/mol. The molecule has 0 heterocycles. The lowest BCUT2D eigenvalue weighted by Crippen LogP contribution is -2.32. The molecule has 2 rings (SSSR count). The Balaban J connectivity index is 2.40. The minimum absolute atomic E-state index is 0.242. The molecule has 0 radical (unpaired) electrons. The van der Waals surface area contributed by atoms with E-state index in [2.05, 4.69) is 38.1 Å². The molecule has 15 heavy (non-hydrogen) atoms. The highest BCUT2D eigenvalue weighted by atomic mass is 16.1. The van der Waals surface area contributed by atoms with Crippen molar-refractivity contribution in [1.82, 2.24) is 0 Å². The third-order valence-corrected chi connectivity index (χ3v) is 3.78. The summed E-state index contributed by atoms with van der Waals surface area (Å²) in [5.74, 6) is 0.867. The van der Waals surface area contributed by atoms with Gasteiger partial charge >= 0.3 is 0 Å². The minimum Gasteiger partial charge on any atom is -0.299 e. The van der Waals surface area contributed by atoms with Gasteiger partial charge in [-0.3, -0.25) is 4.79 Å². The van der Waals surface area contributed by atoms with Crippen molar-refractivity contribution in [3.8, 4) is 0 Å². The highest BCUT2D eigenvalue weighted by Crippen LogP contribution is 2.47. The zero-order valence-electron chi connectivity index (χ0n) is 9.71. The molecule has 1 aliphatic rings. The van der Waals surface area contributed by atoms with Crippen LogP contribution >= 0.6 is 0 Å². The van der Waals surface area contributed by atoms with E-state index in [1.165, 1.54) is 24.0 Å². The van der Waals surface area contributed by atoms with Gasteiger partial charge in [-0.1, -0.05) is 29.8 Å². The molecule has 1 saturated carbocycles. The number of Topliss-reactive ketones (excluding diaryl/α,β-unsaturated/α-hetero) is 1. The molecule has 0 N–H and O–H groups in total. The second-order valence-corrected chi connectivity index (χ2v) is 4.90. The van der Waals surface area contributed by atoms with Crippen molar-refractivity contribution in [2.75, 3.05) is 0 Å². The Morgan fingerprint density at radius 3 is 2.20 bits per heavy atom. The molecule has 0 bridgehead atoms. The zero-order valence-corrected chi connectivity index (χ0v) is 9.71. The van der Waals surface area contributed by atoms with E-state index in [0.717, 1.165) is 0 Å². The maximum Gasteiger partial charge on any atom is 0.140 e. The molecule has 0 amide bonds. The Kier molecular flexibility index (Phi) is 2.41. The number of hydrogen-bond acceptors (Lipinski definition) is 1. The average molecular weight is 202 g/mol. The molecule has 1 aromatic rings. The molecule has 1 unspecified atom stereocenters. The van der Waals surface area contributed by atoms with Gasteiger partial charge in [-0.2, -0.15) is 0 Å². The van der Waals surface area contributed by atoms with E-state index in [-0.39, 0.29) is 5.41 Å². The second-order valence-electron chi connectivity index (χ2n) is 4.90. The van der Waals surface area contributed by atoms with Crippen LogP contribution in [0.4, 0.5) is 0 Å². The quantitative estimate of drug-likeness (QED) is 0.735. The van der Waals surface area contributed by atoms with E-state index in [1.54, 1.807) is 6.92 Å². The summed E-state index contributed by atoms with van der Waals surface area (Å²) in [5.41, 5.74) is 2.19. The molecule has 0 aliphatic heterocycles. The Morgan fingerprint density at radius 2 is 1.80 bits per heavy atom. The van der Waals surface area contributed by atoms with Crippen LogP contribution in [-0.2, 0) is 10.2 Å². The van der Waals surface area contributed by atoms with Crippen molar-refractivity contribution in [3.63, 3.8) is 0 Å². The van der Waals surface area contributed by atoms with Crippen LogP contribution in [0.1, 0.15) is 37.8 Å². The SMILES string of the molecule is CC(=O)C(C)(c1ccc(C)cc1)C1CC1. The standard InChI is InChI=1S/C14H18O/c1-10-4-6-12(7-5-10)14(3,11(2)15)13-8-9-13/h4-7,13H,8-9H2,1-3H3. The summed E-state index contributed by atoms with van der Waals surface area (Å²) >= 11 is 0. The van der Waals surface area contributed by atoms with E-state index in [0.29, 0.717) is 11.7 Å². The first-order valence-electron chi connectivity index (χ1n) is 5.63. The lowest BCUT2D eigenvalue weighted by molar-refractivity contribution is -0.122. The third-order valence-electron chi connectivity index (χ3n) is 3.78. The number of benzene rings is 1. The van der Waals surface area contributed by atoms with Gasteiger partial charge in [0.2, 0.25) is 0 Å². The average Bonchev–Trinajstić information content (AvgIpc) is 3.00. The lowest BCUT2D eigenvalue weighted by Gasteiger charge is -2.27. The minimum atomic E-state index is -0.242. The largest absolute Gasteiger partial charge is 0.299 e. The first-order chi connectivity index (χ1) is 7.05. The molecule has 80 valence electrons. The van der Waals surface area contributed by atoms with Gasteiger partial charge < -0.3 is 0 Å². The van der Waals surface area contributed by atoms with Crippen LogP contribution in [0.5, 0.6) is 0 Å². The van der Waals surface area contributed by atoms with E-state index in [4.69, 9.17) is 0 Å². The molecule has 1 atom stereocenters. The van der Waals surface area contributed by atoms with Gasteiger partial charge in [-0.15, -0.1) is 0 Å². The van der Waals surface area contributed by atoms with Gasteiger partial charge in [0, 0.05) is 0 Å². The number of rotatable bonds is 3. The van der Waals surface area contributed by atoms with Crippen molar-refractivity contribution in [2.45, 2.75) is 39.0 Å². The molecule has 0 aromatic heterocycles. The Bertz CT molecular complexity index is 373. The summed E-state index contributed by atoms with van der Waals surface area (Å²) in [4.78, 5) is 11.8. The number of ketones is 1. The Labute approximate surface area is 91.5 Å². The maximum atomic E-state index is 11.8. The fourth-order valence-corrected chi connectivity index (χ4v) is 2.29. The normalized spacial score (nSPS) is 19.7. The smallest absolute Gasteiger partial charge is 0.140 e. The first kappa shape index (κ1) is 10.4. The van der Waals surface area contributed by atoms with Crippen LogP contribution in [0.15, 0.2) is 24.3 Å². The summed E-state index contributed by atoms with van der Waals surface area (Å²) in [7, 11) is 0. The predicted octanol–water partition coefficient (Wildman–Crippen LogP) is 3.25. The Hall–Kier alpha value is -1.11. The lowest BCUT2D eigenvalue weighted by atomic mass is 9.75. The molecule has 1 nitrogen and oxygen atoms in total. The van der Waals surface area contributed by atoms with Crippen molar-refractivity contribution < 1.29 is 4.79 Å². The van der Waals surface area contributed by atoms with Crippen molar-refractivity contribution >= 4 is 5.78 Å². The van der Waals surface area contributed by atoms with Gasteiger partial charge in [0.25, 0.3) is 0 Å². The number of aryl methyl sites for hydroxylation is 1. The van der Waals surface area contributed by atoms with Crippen LogP contribution in [0.25, 0.3) is 0 Å². The number of carbonyl (C=O) groups is 1. The molecular formula is C14H18O. The first-order valence-corrected chi connectivity index (χ1v) is 5.63. The fraction of sp³-hybridized carbons (Fsp3) is 0.500. The zero-order chi connectivity index (χ0) is 11.1. The molecule has 0 spiro atoms. The van der Waals surface area contributed by atoms with E-state index < -0.39 is 0 Å². The molecule has 1 fully saturated rings. The summed E-state index contributed by atoms with van der Waals surface area (Å²) in [6.07, 6.45) is 2.40. The third kappa shape index (κ3) is 1.71. The summed E-state index contributed by atoms with van der Waals surface area (Å²) in [6, 6.07) is 8.40. The van der Waals surface area contributed by atoms with Crippen LogP contribution in [0, 0.1) is 12.8 Å². The number of carbonyl (C=O) groups excluding carboxylic acids is 1. The van der Waals surface area contributed by atoms with Crippen LogP contribution in [0.2, 0.25) is 0 Å². The maximum absolute atomic E-state index is 11.8. The highest BCUT2D eigenvalue weighted by Gasteiger charge is 2.46. The van der Waals surface area contributed by atoms with E-state index >= 15 is 0 Å². The van der Waals surface area contributed by atoms with Gasteiger partial charge in [0.1, 0.15) is 5.78 Å². The number of hydrogen-bond donors (Lipinski definition) is 0. The topological polar surface area (TPSA) is 17.1 Å². The molecule has 1 heteroatoms. The van der Waals surface area contributed by atoms with Crippen LogP contribution < -0.4 is 0 Å². The molecule has 1 aromatic carbocycles. The van der Waals surface area contributed by atoms with E-state index in [1.807, 2.05) is 0 Å². The fourth-order valence-electron chi connectivity index (χ4n) is 2.29. The second kappa shape index (κ2) is 3.48. The van der Waals surface area contributed by atoms with Crippen molar-refractivity contribution in [3.05, 3.63) is 35.4 Å². The van der Waals surface area contributed by atoms with Crippen LogP contribution in [-0.4, -0.2) is 5.78 Å². The monoisotopic (exact) mass is 202 g/mol. The van der Waals surface area contributed by atoms with Gasteiger partial charge in [0.15, 0.2) is 0 Å². The van der Waals surface area contributed by atoms with Crippen molar-refractivity contribution in [2.24, 2.45) is 5.92 Å². The van der Waals surface area contributed by atoms with E-state index in [9.17, 15) is 4.79 Å². The van der Waals surface area contributed by atoms with Gasteiger partial charge in [0.05, 0.1) is 5.41 Å². The van der Waals surface area contributed by atoms with Gasteiger partial charge in [-0.05, 0) is 45.1 Å². The Morgan fingerprint density at radius 1 is 1.27 bits per heavy atom.